The third kappa shape index (κ3) is 5.49. The average molecular weight is 431 g/mol. The second kappa shape index (κ2) is 10.4. The summed E-state index contributed by atoms with van der Waals surface area (Å²) in [6, 6.07) is 10.5. The number of nitrogens with one attached hydrogen (secondary N) is 1. The predicted molar refractivity (Wildman–Crippen MR) is 118 cm³/mol. The highest BCUT2D eigenvalue weighted by atomic mass is 35.5. The predicted octanol–water partition coefficient (Wildman–Crippen LogP) is 3.45. The molecule has 0 aliphatic carbocycles. The standard InChI is InChI=1S/C22H27ClN4O3/c1-3-30-22(29)17-9-10-20(24-15-17)27-12-6-11-26(13-14-27)16(2)21(28)25-19-8-5-4-7-18(19)23/h4-5,7-10,15-16H,3,6,11-14H2,1-2H3,(H,25,28)/t16-/m0/s1. The van der Waals surface area contributed by atoms with E-state index in [9.17, 15) is 9.59 Å². The van der Waals surface area contributed by atoms with E-state index < -0.39 is 0 Å². The fraction of sp³-hybridized carbons (Fsp3) is 0.409. The lowest BCUT2D eigenvalue weighted by Crippen LogP contribution is -2.44. The fourth-order valence-corrected chi connectivity index (χ4v) is 3.61. The number of benzene rings is 1. The van der Waals surface area contributed by atoms with E-state index in [0.29, 0.717) is 22.9 Å². The first-order valence-corrected chi connectivity index (χ1v) is 10.5. The van der Waals surface area contributed by atoms with Gasteiger partial charge in [-0.1, -0.05) is 23.7 Å². The largest absolute Gasteiger partial charge is 0.462 e. The number of anilines is 2. The Morgan fingerprint density at radius 1 is 1.17 bits per heavy atom. The van der Waals surface area contributed by atoms with Crippen LogP contribution in [0, 0.1) is 0 Å². The summed E-state index contributed by atoms with van der Waals surface area (Å²) in [7, 11) is 0. The van der Waals surface area contributed by atoms with Crippen LogP contribution in [-0.2, 0) is 9.53 Å². The van der Waals surface area contributed by atoms with Gasteiger partial charge in [0, 0.05) is 32.4 Å². The number of amides is 1. The van der Waals surface area contributed by atoms with Gasteiger partial charge in [-0.15, -0.1) is 0 Å². The normalized spacial score (nSPS) is 15.9. The molecule has 8 heteroatoms. The van der Waals surface area contributed by atoms with Crippen molar-refractivity contribution in [2.75, 3.05) is 43.0 Å². The fourth-order valence-electron chi connectivity index (χ4n) is 3.43. The van der Waals surface area contributed by atoms with E-state index >= 15 is 0 Å². The van der Waals surface area contributed by atoms with Gasteiger partial charge in [0.05, 0.1) is 28.9 Å². The van der Waals surface area contributed by atoms with Gasteiger partial charge in [-0.3, -0.25) is 9.69 Å². The summed E-state index contributed by atoms with van der Waals surface area (Å²) in [6.45, 7) is 7.15. The van der Waals surface area contributed by atoms with Crippen LogP contribution in [0.25, 0.3) is 0 Å². The van der Waals surface area contributed by atoms with Crippen LogP contribution in [0.15, 0.2) is 42.6 Å². The maximum atomic E-state index is 12.7. The van der Waals surface area contributed by atoms with Crippen molar-refractivity contribution in [2.24, 2.45) is 0 Å². The number of rotatable bonds is 6. The molecule has 1 amide bonds. The van der Waals surface area contributed by atoms with E-state index in [1.54, 1.807) is 31.3 Å². The number of aromatic nitrogens is 1. The van der Waals surface area contributed by atoms with Crippen LogP contribution in [0.3, 0.4) is 0 Å². The van der Waals surface area contributed by atoms with Crippen LogP contribution in [-0.4, -0.2) is 60.6 Å². The first kappa shape index (κ1) is 22.1. The Balaban J connectivity index is 1.58. The van der Waals surface area contributed by atoms with Crippen LogP contribution in [0.4, 0.5) is 11.5 Å². The monoisotopic (exact) mass is 430 g/mol. The molecule has 2 aromatic rings. The lowest BCUT2D eigenvalue weighted by molar-refractivity contribution is -0.120. The number of para-hydroxylation sites is 1. The van der Waals surface area contributed by atoms with Crippen LogP contribution in [0.1, 0.15) is 30.6 Å². The second-order valence-electron chi connectivity index (χ2n) is 7.15. The first-order valence-electron chi connectivity index (χ1n) is 10.2. The van der Waals surface area contributed by atoms with Gasteiger partial charge in [0.1, 0.15) is 5.82 Å². The van der Waals surface area contributed by atoms with Crippen LogP contribution in [0.5, 0.6) is 0 Å². The summed E-state index contributed by atoms with van der Waals surface area (Å²) >= 11 is 6.15. The second-order valence-corrected chi connectivity index (χ2v) is 7.55. The van der Waals surface area contributed by atoms with Gasteiger partial charge in [0.25, 0.3) is 0 Å². The molecular weight excluding hydrogens is 404 g/mol. The highest BCUT2D eigenvalue weighted by Crippen LogP contribution is 2.21. The SMILES string of the molecule is CCOC(=O)c1ccc(N2CCCN([C@@H](C)C(=O)Nc3ccccc3Cl)CC2)nc1. The Kier molecular flexibility index (Phi) is 7.65. The number of halogens is 1. The van der Waals surface area contributed by atoms with E-state index in [-0.39, 0.29) is 17.9 Å². The van der Waals surface area contributed by atoms with Crippen LogP contribution < -0.4 is 10.2 Å². The minimum Gasteiger partial charge on any atom is -0.462 e. The highest BCUT2D eigenvalue weighted by molar-refractivity contribution is 6.33. The highest BCUT2D eigenvalue weighted by Gasteiger charge is 2.25. The molecule has 0 saturated carbocycles. The van der Waals surface area contributed by atoms with Gasteiger partial charge in [-0.05, 0) is 44.5 Å². The van der Waals surface area contributed by atoms with E-state index in [2.05, 4.69) is 20.1 Å². The summed E-state index contributed by atoms with van der Waals surface area (Å²) in [6.07, 6.45) is 2.46. The summed E-state index contributed by atoms with van der Waals surface area (Å²) in [5.74, 6) is 0.378. The molecule has 0 bridgehead atoms. The number of ether oxygens (including phenoxy) is 1. The summed E-state index contributed by atoms with van der Waals surface area (Å²) in [5.41, 5.74) is 1.07. The zero-order valence-corrected chi connectivity index (χ0v) is 18.1. The molecule has 0 radical (unpaired) electrons. The lowest BCUT2D eigenvalue weighted by Gasteiger charge is -2.27. The molecule has 7 nitrogen and oxygen atoms in total. The number of hydrogen-bond donors (Lipinski definition) is 1. The van der Waals surface area contributed by atoms with Crippen LogP contribution >= 0.6 is 11.6 Å². The molecule has 1 aromatic heterocycles. The molecule has 1 saturated heterocycles. The maximum Gasteiger partial charge on any atom is 0.339 e. The molecule has 1 fully saturated rings. The zero-order chi connectivity index (χ0) is 21.5. The number of hydrogen-bond acceptors (Lipinski definition) is 6. The Bertz CT molecular complexity index is 875. The van der Waals surface area contributed by atoms with Gasteiger partial charge in [0.2, 0.25) is 5.91 Å². The molecule has 1 aliphatic rings. The zero-order valence-electron chi connectivity index (χ0n) is 17.3. The summed E-state index contributed by atoms with van der Waals surface area (Å²) < 4.78 is 5.00. The Labute approximate surface area is 182 Å². The van der Waals surface area contributed by atoms with Crippen molar-refractivity contribution in [1.82, 2.24) is 9.88 Å². The molecule has 30 heavy (non-hydrogen) atoms. The average Bonchev–Trinajstić information content (AvgIpc) is 3.01. The van der Waals surface area contributed by atoms with E-state index in [4.69, 9.17) is 16.3 Å². The molecule has 1 aromatic carbocycles. The number of carbonyl (C=O) groups is 2. The smallest absolute Gasteiger partial charge is 0.339 e. The summed E-state index contributed by atoms with van der Waals surface area (Å²) in [4.78, 5) is 33.3. The van der Waals surface area contributed by atoms with Gasteiger partial charge in [0.15, 0.2) is 0 Å². The van der Waals surface area contributed by atoms with E-state index in [1.165, 1.54) is 0 Å². The lowest BCUT2D eigenvalue weighted by atomic mass is 10.2. The molecule has 1 N–H and O–H groups in total. The molecular formula is C22H27ClN4O3. The van der Waals surface area contributed by atoms with Crippen molar-refractivity contribution in [3.8, 4) is 0 Å². The molecule has 1 aliphatic heterocycles. The minimum absolute atomic E-state index is 0.0755. The molecule has 3 rings (SSSR count). The number of esters is 1. The molecule has 2 heterocycles. The van der Waals surface area contributed by atoms with Crippen molar-refractivity contribution < 1.29 is 14.3 Å². The molecule has 0 spiro atoms. The maximum absolute atomic E-state index is 12.7. The van der Waals surface area contributed by atoms with Crippen molar-refractivity contribution in [1.29, 1.82) is 0 Å². The van der Waals surface area contributed by atoms with E-state index in [1.807, 2.05) is 25.1 Å². The molecule has 1 atom stereocenters. The van der Waals surface area contributed by atoms with Gasteiger partial charge < -0.3 is 15.0 Å². The van der Waals surface area contributed by atoms with Crippen molar-refractivity contribution in [3.63, 3.8) is 0 Å². The first-order chi connectivity index (χ1) is 14.5. The number of nitrogens with zero attached hydrogens (tertiary/aromatic N) is 3. The van der Waals surface area contributed by atoms with Gasteiger partial charge in [-0.25, -0.2) is 9.78 Å². The Morgan fingerprint density at radius 2 is 1.97 bits per heavy atom. The quantitative estimate of drug-likeness (QED) is 0.707. The summed E-state index contributed by atoms with van der Waals surface area (Å²) in [5, 5.41) is 3.44. The molecule has 160 valence electrons. The third-order valence-corrected chi connectivity index (χ3v) is 5.50. The number of pyridine rings is 1. The number of carbonyl (C=O) groups excluding carboxylic acids is 2. The Hall–Kier alpha value is -2.64. The van der Waals surface area contributed by atoms with Crippen LogP contribution in [0.2, 0.25) is 5.02 Å². The molecule has 0 unspecified atom stereocenters. The van der Waals surface area contributed by atoms with Crippen molar-refractivity contribution >= 4 is 35.0 Å². The minimum atomic E-state index is -0.364. The van der Waals surface area contributed by atoms with Crippen molar-refractivity contribution in [3.05, 3.63) is 53.2 Å². The topological polar surface area (TPSA) is 74.8 Å². The van der Waals surface area contributed by atoms with Gasteiger partial charge in [-0.2, -0.15) is 0 Å². The van der Waals surface area contributed by atoms with Crippen molar-refractivity contribution in [2.45, 2.75) is 26.3 Å². The Morgan fingerprint density at radius 3 is 2.67 bits per heavy atom. The third-order valence-electron chi connectivity index (χ3n) is 5.17. The van der Waals surface area contributed by atoms with Gasteiger partial charge >= 0.3 is 5.97 Å². The van der Waals surface area contributed by atoms with E-state index in [0.717, 1.165) is 38.4 Å².